The van der Waals surface area contributed by atoms with Crippen molar-refractivity contribution in [2.24, 2.45) is 0 Å². The molecule has 6 nitrogen and oxygen atoms in total. The molecule has 2 heterocycles. The van der Waals surface area contributed by atoms with Gasteiger partial charge >= 0.3 is 0 Å². The fourth-order valence-corrected chi connectivity index (χ4v) is 2.61. The number of aryl methyl sites for hydroxylation is 3. The van der Waals surface area contributed by atoms with Crippen LogP contribution in [0.3, 0.4) is 0 Å². The molecule has 6 heteroatoms. The third-order valence-corrected chi connectivity index (χ3v) is 4.01. The van der Waals surface area contributed by atoms with Crippen molar-refractivity contribution in [2.75, 3.05) is 0 Å². The Morgan fingerprint density at radius 3 is 2.35 bits per heavy atom. The topological polar surface area (TPSA) is 76.9 Å². The summed E-state index contributed by atoms with van der Waals surface area (Å²) in [7, 11) is 0. The van der Waals surface area contributed by atoms with Crippen molar-refractivity contribution in [2.45, 2.75) is 27.3 Å². The molecule has 0 saturated heterocycles. The maximum atomic E-state index is 12.1. The molecule has 0 unspecified atom stereocenters. The van der Waals surface area contributed by atoms with E-state index in [0.717, 1.165) is 22.5 Å². The molecule has 0 atom stereocenters. The molecule has 0 aliphatic heterocycles. The minimum atomic E-state index is -0.628. The van der Waals surface area contributed by atoms with Crippen LogP contribution in [-0.4, -0.2) is 26.5 Å². The standard InChI is InChI=1S/C20H20N4O2/c1-13-4-7-17(8-5-13)19(25)20(26)22-12-16-6-9-18(21-11-16)24-15(3)10-14(2)23-24/h4-11H,12H2,1-3H3,(H,22,26). The predicted molar refractivity (Wildman–Crippen MR) is 98.2 cm³/mol. The van der Waals surface area contributed by atoms with E-state index in [0.29, 0.717) is 11.4 Å². The summed E-state index contributed by atoms with van der Waals surface area (Å²) in [5.41, 5.74) is 4.15. The zero-order valence-corrected chi connectivity index (χ0v) is 15.0. The van der Waals surface area contributed by atoms with Gasteiger partial charge in [0, 0.05) is 24.0 Å². The molecule has 0 aliphatic rings. The Morgan fingerprint density at radius 1 is 1.04 bits per heavy atom. The lowest BCUT2D eigenvalue weighted by atomic mass is 10.1. The molecule has 1 aromatic carbocycles. The average Bonchev–Trinajstić information content (AvgIpc) is 2.98. The van der Waals surface area contributed by atoms with Crippen LogP contribution in [0.5, 0.6) is 0 Å². The Kier molecular flexibility index (Phi) is 4.93. The van der Waals surface area contributed by atoms with Crippen LogP contribution in [0.25, 0.3) is 5.82 Å². The minimum absolute atomic E-state index is 0.237. The molecule has 132 valence electrons. The fraction of sp³-hybridized carbons (Fsp3) is 0.200. The van der Waals surface area contributed by atoms with Crippen molar-refractivity contribution in [3.8, 4) is 5.82 Å². The number of ketones is 1. The lowest BCUT2D eigenvalue weighted by Crippen LogP contribution is -2.30. The average molecular weight is 348 g/mol. The SMILES string of the molecule is Cc1ccc(C(=O)C(=O)NCc2ccc(-n3nc(C)cc3C)nc2)cc1. The Balaban J connectivity index is 1.62. The maximum absolute atomic E-state index is 12.1. The number of pyridine rings is 1. The van der Waals surface area contributed by atoms with Gasteiger partial charge in [0.15, 0.2) is 5.82 Å². The molecule has 0 aliphatic carbocycles. The number of nitrogens with one attached hydrogen (secondary N) is 1. The first kappa shape index (κ1) is 17.5. The van der Waals surface area contributed by atoms with Crippen molar-refractivity contribution in [1.29, 1.82) is 0 Å². The quantitative estimate of drug-likeness (QED) is 0.568. The van der Waals surface area contributed by atoms with Crippen molar-refractivity contribution in [3.05, 3.63) is 76.7 Å². The summed E-state index contributed by atoms with van der Waals surface area (Å²) >= 11 is 0. The Morgan fingerprint density at radius 2 is 1.77 bits per heavy atom. The first-order valence-electron chi connectivity index (χ1n) is 8.32. The van der Waals surface area contributed by atoms with Gasteiger partial charge in [-0.1, -0.05) is 35.9 Å². The molecule has 1 amide bonds. The van der Waals surface area contributed by atoms with E-state index < -0.39 is 11.7 Å². The molecular weight excluding hydrogens is 328 g/mol. The number of hydrogen-bond donors (Lipinski definition) is 1. The minimum Gasteiger partial charge on any atom is -0.345 e. The second-order valence-electron chi connectivity index (χ2n) is 6.24. The van der Waals surface area contributed by atoms with Gasteiger partial charge in [-0.3, -0.25) is 9.59 Å². The van der Waals surface area contributed by atoms with Gasteiger partial charge in [0.1, 0.15) is 0 Å². The van der Waals surface area contributed by atoms with Crippen molar-refractivity contribution in [3.63, 3.8) is 0 Å². The fourth-order valence-electron chi connectivity index (χ4n) is 2.61. The van der Waals surface area contributed by atoms with Gasteiger partial charge in [0.05, 0.1) is 5.69 Å². The van der Waals surface area contributed by atoms with Crippen LogP contribution < -0.4 is 5.32 Å². The summed E-state index contributed by atoms with van der Waals surface area (Å²) in [6, 6.07) is 12.6. The van der Waals surface area contributed by atoms with E-state index >= 15 is 0 Å². The van der Waals surface area contributed by atoms with E-state index in [1.165, 1.54) is 0 Å². The molecule has 1 N–H and O–H groups in total. The highest BCUT2D eigenvalue weighted by atomic mass is 16.2. The summed E-state index contributed by atoms with van der Waals surface area (Å²) in [6.07, 6.45) is 1.67. The molecular formula is C20H20N4O2. The van der Waals surface area contributed by atoms with Gasteiger partial charge in [-0.15, -0.1) is 0 Å². The first-order valence-corrected chi connectivity index (χ1v) is 8.32. The van der Waals surface area contributed by atoms with Crippen LogP contribution in [0.1, 0.15) is 32.9 Å². The molecule has 0 fully saturated rings. The van der Waals surface area contributed by atoms with Crippen LogP contribution in [0.4, 0.5) is 0 Å². The van der Waals surface area contributed by atoms with Gasteiger partial charge in [-0.25, -0.2) is 9.67 Å². The lowest BCUT2D eigenvalue weighted by Gasteiger charge is -2.07. The van der Waals surface area contributed by atoms with Crippen LogP contribution in [-0.2, 0) is 11.3 Å². The Bertz CT molecular complexity index is 941. The van der Waals surface area contributed by atoms with Crippen LogP contribution in [0, 0.1) is 20.8 Å². The zero-order chi connectivity index (χ0) is 18.7. The van der Waals surface area contributed by atoms with Crippen molar-refractivity contribution >= 4 is 11.7 Å². The van der Waals surface area contributed by atoms with E-state index in [2.05, 4.69) is 15.4 Å². The number of benzene rings is 1. The Labute approximate surface area is 151 Å². The van der Waals surface area contributed by atoms with Gasteiger partial charge < -0.3 is 5.32 Å². The number of aromatic nitrogens is 3. The largest absolute Gasteiger partial charge is 0.345 e. The molecule has 0 bridgehead atoms. The summed E-state index contributed by atoms with van der Waals surface area (Å²) in [4.78, 5) is 28.5. The van der Waals surface area contributed by atoms with Gasteiger partial charge in [-0.05, 0) is 38.5 Å². The van der Waals surface area contributed by atoms with E-state index in [9.17, 15) is 9.59 Å². The van der Waals surface area contributed by atoms with Gasteiger partial charge in [0.2, 0.25) is 5.78 Å². The van der Waals surface area contributed by atoms with E-state index in [4.69, 9.17) is 0 Å². The highest BCUT2D eigenvalue weighted by molar-refractivity contribution is 6.42. The van der Waals surface area contributed by atoms with Crippen molar-refractivity contribution < 1.29 is 9.59 Å². The number of carbonyl (C=O) groups is 2. The first-order chi connectivity index (χ1) is 12.4. The number of carbonyl (C=O) groups excluding carboxylic acids is 2. The number of nitrogens with zero attached hydrogens (tertiary/aromatic N) is 3. The maximum Gasteiger partial charge on any atom is 0.292 e. The molecule has 3 rings (SSSR count). The molecule has 0 spiro atoms. The second kappa shape index (κ2) is 7.31. The third-order valence-electron chi connectivity index (χ3n) is 4.01. The number of hydrogen-bond acceptors (Lipinski definition) is 4. The predicted octanol–water partition coefficient (Wildman–Crippen LogP) is 2.69. The van der Waals surface area contributed by atoms with Crippen LogP contribution >= 0.6 is 0 Å². The molecule has 3 aromatic rings. The zero-order valence-electron chi connectivity index (χ0n) is 15.0. The van der Waals surface area contributed by atoms with Crippen LogP contribution in [0.15, 0.2) is 48.7 Å². The normalized spacial score (nSPS) is 10.6. The lowest BCUT2D eigenvalue weighted by molar-refractivity contribution is -0.117. The summed E-state index contributed by atoms with van der Waals surface area (Å²) < 4.78 is 1.76. The molecule has 0 radical (unpaired) electrons. The number of Topliss-reactive ketones (excluding diaryl/α,β-unsaturated/α-hetero) is 1. The third kappa shape index (κ3) is 3.85. The summed E-state index contributed by atoms with van der Waals surface area (Å²) in [5.74, 6) is -0.463. The summed E-state index contributed by atoms with van der Waals surface area (Å²) in [6.45, 7) is 6.06. The van der Waals surface area contributed by atoms with E-state index in [-0.39, 0.29) is 6.54 Å². The summed E-state index contributed by atoms with van der Waals surface area (Å²) in [5, 5.41) is 7.02. The van der Waals surface area contributed by atoms with Gasteiger partial charge in [0.25, 0.3) is 5.91 Å². The number of amides is 1. The highest BCUT2D eigenvalue weighted by Gasteiger charge is 2.15. The van der Waals surface area contributed by atoms with E-state index in [1.54, 1.807) is 23.0 Å². The monoisotopic (exact) mass is 348 g/mol. The highest BCUT2D eigenvalue weighted by Crippen LogP contribution is 2.10. The van der Waals surface area contributed by atoms with Gasteiger partial charge in [-0.2, -0.15) is 5.10 Å². The van der Waals surface area contributed by atoms with Crippen molar-refractivity contribution in [1.82, 2.24) is 20.1 Å². The van der Waals surface area contributed by atoms with Crippen LogP contribution in [0.2, 0.25) is 0 Å². The molecule has 0 saturated carbocycles. The van der Waals surface area contributed by atoms with E-state index in [1.807, 2.05) is 51.1 Å². The molecule has 2 aromatic heterocycles. The second-order valence-corrected chi connectivity index (χ2v) is 6.24. The smallest absolute Gasteiger partial charge is 0.292 e. The molecule has 26 heavy (non-hydrogen) atoms. The number of rotatable bonds is 5. The Hall–Kier alpha value is -3.28.